The van der Waals surface area contributed by atoms with Crippen LogP contribution in [0.15, 0.2) is 66.4 Å². The molecule has 3 aromatic rings. The van der Waals surface area contributed by atoms with Gasteiger partial charge in [-0.3, -0.25) is 9.59 Å². The van der Waals surface area contributed by atoms with E-state index in [0.717, 1.165) is 10.9 Å². The molecule has 0 N–H and O–H groups in total. The summed E-state index contributed by atoms with van der Waals surface area (Å²) in [7, 11) is 2.91. The van der Waals surface area contributed by atoms with Gasteiger partial charge in [-0.1, -0.05) is 36.4 Å². The SMILES string of the molecule is COC(=O)C(C)n1cc(C=C2C(=O)N(C)N(c3ccccc3)C2=O)c2ccccc21. The van der Waals surface area contributed by atoms with E-state index in [0.29, 0.717) is 11.3 Å². The number of methoxy groups -OCH3 is 1. The largest absolute Gasteiger partial charge is 0.467 e. The molecule has 0 aliphatic carbocycles. The third-order valence-corrected chi connectivity index (χ3v) is 5.28. The summed E-state index contributed by atoms with van der Waals surface area (Å²) in [6.07, 6.45) is 3.36. The topological polar surface area (TPSA) is 71.8 Å². The minimum absolute atomic E-state index is 0.0648. The van der Waals surface area contributed by atoms with Crippen LogP contribution in [0.1, 0.15) is 18.5 Å². The summed E-state index contributed by atoms with van der Waals surface area (Å²) >= 11 is 0. The maximum atomic E-state index is 13.1. The number of anilines is 1. The highest BCUT2D eigenvalue weighted by molar-refractivity contribution is 6.31. The quantitative estimate of drug-likeness (QED) is 0.381. The second-order valence-corrected chi connectivity index (χ2v) is 7.05. The molecule has 1 atom stereocenters. The normalized spacial score (nSPS) is 16.6. The molecule has 152 valence electrons. The summed E-state index contributed by atoms with van der Waals surface area (Å²) in [5.74, 6) is -1.16. The van der Waals surface area contributed by atoms with Crippen LogP contribution < -0.4 is 5.01 Å². The first-order valence-electron chi connectivity index (χ1n) is 9.50. The number of hydrogen-bond acceptors (Lipinski definition) is 4. The van der Waals surface area contributed by atoms with E-state index in [1.54, 1.807) is 42.9 Å². The Morgan fingerprint density at radius 1 is 1.00 bits per heavy atom. The summed E-state index contributed by atoms with van der Waals surface area (Å²) in [5.41, 5.74) is 2.17. The number of nitrogens with zero attached hydrogens (tertiary/aromatic N) is 3. The molecule has 2 amide bonds. The fraction of sp³-hybridized carbons (Fsp3) is 0.174. The van der Waals surface area contributed by atoms with Crippen LogP contribution in [-0.2, 0) is 19.1 Å². The lowest BCUT2D eigenvalue weighted by Gasteiger charge is -2.22. The summed E-state index contributed by atoms with van der Waals surface area (Å²) in [5, 5.41) is 3.49. The van der Waals surface area contributed by atoms with Gasteiger partial charge in [-0.15, -0.1) is 0 Å². The van der Waals surface area contributed by atoms with Crippen molar-refractivity contribution in [3.63, 3.8) is 0 Å². The van der Waals surface area contributed by atoms with Gasteiger partial charge < -0.3 is 9.30 Å². The number of para-hydroxylation sites is 2. The Labute approximate surface area is 173 Å². The Kier molecular flexibility index (Phi) is 4.87. The van der Waals surface area contributed by atoms with E-state index in [1.807, 2.05) is 42.5 Å². The third kappa shape index (κ3) is 3.04. The predicted molar refractivity (Wildman–Crippen MR) is 113 cm³/mol. The number of aromatic nitrogens is 1. The van der Waals surface area contributed by atoms with Gasteiger partial charge in [0.15, 0.2) is 0 Å². The van der Waals surface area contributed by atoms with Crippen molar-refractivity contribution in [2.45, 2.75) is 13.0 Å². The van der Waals surface area contributed by atoms with Gasteiger partial charge >= 0.3 is 5.97 Å². The standard InChI is InChI=1S/C23H21N3O4/c1-15(23(29)30-3)25-14-16(18-11-7-8-12-20(18)25)13-19-21(27)24(2)26(22(19)28)17-9-5-4-6-10-17/h4-15H,1-3H3. The molecule has 30 heavy (non-hydrogen) atoms. The number of ether oxygens (including phenoxy) is 1. The van der Waals surface area contributed by atoms with Gasteiger partial charge in [-0.25, -0.2) is 14.8 Å². The zero-order valence-electron chi connectivity index (χ0n) is 16.9. The number of carbonyl (C=O) groups excluding carboxylic acids is 3. The summed E-state index contributed by atoms with van der Waals surface area (Å²) in [6, 6.07) is 16.0. The number of esters is 1. The summed E-state index contributed by atoms with van der Waals surface area (Å²) < 4.78 is 6.66. The molecule has 2 aromatic carbocycles. The molecule has 0 saturated carbocycles. The van der Waals surface area contributed by atoms with Crippen molar-refractivity contribution in [2.24, 2.45) is 0 Å². The molecule has 0 spiro atoms. The Bertz CT molecular complexity index is 1180. The molecule has 0 bridgehead atoms. The summed E-state index contributed by atoms with van der Waals surface area (Å²) in [4.78, 5) is 38.0. The van der Waals surface area contributed by atoms with E-state index < -0.39 is 11.9 Å². The molecule has 7 heteroatoms. The fourth-order valence-corrected chi connectivity index (χ4v) is 3.70. The second kappa shape index (κ2) is 7.51. The molecule has 1 aliphatic rings. The number of fused-ring (bicyclic) bond motifs is 1. The van der Waals surface area contributed by atoms with Crippen molar-refractivity contribution in [3.8, 4) is 0 Å². The number of benzene rings is 2. The Morgan fingerprint density at radius 2 is 1.67 bits per heavy atom. The van der Waals surface area contributed by atoms with Crippen molar-refractivity contribution >= 4 is 40.4 Å². The smallest absolute Gasteiger partial charge is 0.328 e. The average molecular weight is 403 g/mol. The highest BCUT2D eigenvalue weighted by Gasteiger charge is 2.39. The van der Waals surface area contributed by atoms with Crippen molar-refractivity contribution in [2.75, 3.05) is 19.2 Å². The van der Waals surface area contributed by atoms with Gasteiger partial charge in [0, 0.05) is 29.7 Å². The number of amides is 2. The van der Waals surface area contributed by atoms with Gasteiger partial charge in [0.1, 0.15) is 11.6 Å². The molecular formula is C23H21N3O4. The van der Waals surface area contributed by atoms with E-state index in [4.69, 9.17) is 4.74 Å². The number of hydrogen-bond donors (Lipinski definition) is 0. The second-order valence-electron chi connectivity index (χ2n) is 7.05. The fourth-order valence-electron chi connectivity index (χ4n) is 3.70. The van der Waals surface area contributed by atoms with E-state index >= 15 is 0 Å². The van der Waals surface area contributed by atoms with Gasteiger partial charge in [0.05, 0.1) is 12.8 Å². The Morgan fingerprint density at radius 3 is 2.37 bits per heavy atom. The lowest BCUT2D eigenvalue weighted by Crippen LogP contribution is -2.37. The maximum absolute atomic E-state index is 13.1. The monoisotopic (exact) mass is 403 g/mol. The van der Waals surface area contributed by atoms with E-state index in [2.05, 4.69) is 0 Å². The lowest BCUT2D eigenvalue weighted by atomic mass is 10.1. The molecule has 2 heterocycles. The molecule has 7 nitrogen and oxygen atoms in total. The maximum Gasteiger partial charge on any atom is 0.328 e. The number of rotatable bonds is 4. The number of hydrazine groups is 1. The van der Waals surface area contributed by atoms with Gasteiger partial charge in [0.25, 0.3) is 11.8 Å². The highest BCUT2D eigenvalue weighted by Crippen LogP contribution is 2.31. The molecule has 1 unspecified atom stereocenters. The van der Waals surface area contributed by atoms with Gasteiger partial charge in [-0.2, -0.15) is 0 Å². The van der Waals surface area contributed by atoms with Crippen LogP contribution in [0.3, 0.4) is 0 Å². The van der Waals surface area contributed by atoms with Gasteiger partial charge in [0.2, 0.25) is 0 Å². The van der Waals surface area contributed by atoms with Crippen LogP contribution in [0.25, 0.3) is 17.0 Å². The van der Waals surface area contributed by atoms with E-state index in [9.17, 15) is 14.4 Å². The first-order chi connectivity index (χ1) is 14.4. The van der Waals surface area contributed by atoms with E-state index in [-0.39, 0.29) is 17.4 Å². The highest BCUT2D eigenvalue weighted by atomic mass is 16.5. The van der Waals surface area contributed by atoms with Gasteiger partial charge in [-0.05, 0) is 31.2 Å². The molecule has 1 aliphatic heterocycles. The molecular weight excluding hydrogens is 382 g/mol. The van der Waals surface area contributed by atoms with Crippen LogP contribution >= 0.6 is 0 Å². The minimum atomic E-state index is -0.550. The predicted octanol–water partition coefficient (Wildman–Crippen LogP) is 3.18. The zero-order valence-corrected chi connectivity index (χ0v) is 16.9. The van der Waals surface area contributed by atoms with E-state index in [1.165, 1.54) is 17.1 Å². The van der Waals surface area contributed by atoms with Crippen molar-refractivity contribution < 1.29 is 19.1 Å². The van der Waals surface area contributed by atoms with Crippen LogP contribution in [0.5, 0.6) is 0 Å². The van der Waals surface area contributed by atoms with Crippen molar-refractivity contribution in [3.05, 3.63) is 71.9 Å². The first-order valence-corrected chi connectivity index (χ1v) is 9.50. The number of carbonyl (C=O) groups is 3. The zero-order chi connectivity index (χ0) is 21.4. The minimum Gasteiger partial charge on any atom is -0.467 e. The van der Waals surface area contributed by atoms with Crippen molar-refractivity contribution in [1.82, 2.24) is 9.58 Å². The van der Waals surface area contributed by atoms with Crippen LogP contribution in [0.2, 0.25) is 0 Å². The summed E-state index contributed by atoms with van der Waals surface area (Å²) in [6.45, 7) is 1.74. The van der Waals surface area contributed by atoms with Crippen LogP contribution in [-0.4, -0.2) is 41.5 Å². The lowest BCUT2D eigenvalue weighted by molar-refractivity contribution is -0.143. The first kappa shape index (κ1) is 19.4. The molecule has 0 radical (unpaired) electrons. The Balaban J connectivity index is 1.81. The van der Waals surface area contributed by atoms with Crippen molar-refractivity contribution in [1.29, 1.82) is 0 Å². The number of likely N-dealkylation sites (N-methyl/N-ethyl adjacent to an activating group) is 1. The third-order valence-electron chi connectivity index (χ3n) is 5.28. The van der Waals surface area contributed by atoms with Crippen LogP contribution in [0, 0.1) is 0 Å². The Hall–Kier alpha value is -3.87. The average Bonchev–Trinajstić information content (AvgIpc) is 3.24. The molecule has 1 fully saturated rings. The molecule has 1 saturated heterocycles. The molecule has 4 rings (SSSR count). The molecule has 1 aromatic heterocycles. The van der Waals surface area contributed by atoms with Crippen LogP contribution in [0.4, 0.5) is 5.69 Å².